The van der Waals surface area contributed by atoms with Crippen LogP contribution in [0.5, 0.6) is 0 Å². The Morgan fingerprint density at radius 2 is 1.38 bits per heavy atom. The van der Waals surface area contributed by atoms with Crippen molar-refractivity contribution in [3.8, 4) is 0 Å². The first-order valence-electron chi connectivity index (χ1n) is 7.56. The molecular weight excluding hydrogens is 331 g/mol. The third-order valence-corrected chi connectivity index (χ3v) is 2.59. The molecule has 2 rings (SSSR count). The van der Waals surface area contributed by atoms with Crippen molar-refractivity contribution in [2.45, 2.75) is 46.0 Å². The Labute approximate surface area is 151 Å². The number of allylic oxidation sites excluding steroid dienone is 2. The zero-order chi connectivity index (χ0) is 14.9. The molecule has 0 saturated carbocycles. The topological polar surface area (TPSA) is 0 Å². The zero-order valence-corrected chi connectivity index (χ0v) is 16.0. The monoisotopic (exact) mass is 358 g/mol. The molecule has 0 amide bonds. The van der Waals surface area contributed by atoms with Gasteiger partial charge in [-0.25, -0.2) is 24.3 Å². The van der Waals surface area contributed by atoms with E-state index in [1.165, 1.54) is 24.8 Å². The van der Waals surface area contributed by atoms with Gasteiger partial charge < -0.3 is 13.0 Å². The minimum Gasteiger partial charge on any atom is -0.500 e. The molecule has 0 radical (unpaired) electrons. The van der Waals surface area contributed by atoms with Crippen LogP contribution in [0.4, 0.5) is 0 Å². The van der Waals surface area contributed by atoms with Crippen LogP contribution in [0.3, 0.4) is 0 Å². The molecule has 0 N–H and O–H groups in total. The van der Waals surface area contributed by atoms with Crippen LogP contribution in [-0.4, -0.2) is 0 Å². The summed E-state index contributed by atoms with van der Waals surface area (Å²) < 4.78 is 0. The van der Waals surface area contributed by atoms with Crippen LogP contribution in [0.25, 0.3) is 0 Å². The van der Waals surface area contributed by atoms with Crippen LogP contribution in [0.1, 0.15) is 46.0 Å². The Hall–Kier alpha value is -0.677. The summed E-state index contributed by atoms with van der Waals surface area (Å²) >= 11 is 0. The quantitative estimate of drug-likeness (QED) is 0.546. The first-order valence-corrected chi connectivity index (χ1v) is 7.56. The van der Waals surface area contributed by atoms with Gasteiger partial charge in [0.15, 0.2) is 0 Å². The van der Waals surface area contributed by atoms with E-state index in [1.807, 2.05) is 60.7 Å². The molecule has 0 aliphatic heterocycles. The van der Waals surface area contributed by atoms with Gasteiger partial charge in [-0.3, -0.25) is 5.57 Å². The average molecular weight is 360 g/mol. The Balaban J connectivity index is 0. The number of hydrogen-bond acceptors (Lipinski definition) is 0. The Bertz CT molecular complexity index is 307. The van der Waals surface area contributed by atoms with Crippen LogP contribution in [0.15, 0.2) is 66.2 Å². The van der Waals surface area contributed by atoms with Crippen LogP contribution in [0, 0.1) is 13.0 Å². The summed E-state index contributed by atoms with van der Waals surface area (Å²) in [4.78, 5) is 0. The van der Waals surface area contributed by atoms with Crippen LogP contribution >= 0.6 is 0 Å². The van der Waals surface area contributed by atoms with E-state index in [2.05, 4.69) is 26.8 Å². The Morgan fingerprint density at radius 1 is 0.905 bits per heavy atom. The summed E-state index contributed by atoms with van der Waals surface area (Å²) in [6.07, 6.45) is 9.02. The van der Waals surface area contributed by atoms with Crippen molar-refractivity contribution in [2.75, 3.05) is 0 Å². The smallest absolute Gasteiger partial charge is 0.500 e. The standard InChI is InChI=1S/C10H18.2C5H5.Zr/c1-4-7-9-10(6-3)8-5-2;2*1-2-4-5-3-1;/h3-8H2,1-2H3;2*1-5H;/q-2;2*-1;+4. The van der Waals surface area contributed by atoms with Crippen molar-refractivity contribution in [1.29, 1.82) is 0 Å². The number of hydrogen-bond donors (Lipinski definition) is 0. The van der Waals surface area contributed by atoms with Crippen molar-refractivity contribution in [2.24, 2.45) is 0 Å². The summed E-state index contributed by atoms with van der Waals surface area (Å²) in [5, 5.41) is 0. The van der Waals surface area contributed by atoms with Gasteiger partial charge >= 0.3 is 26.2 Å². The maximum atomic E-state index is 3.86. The fourth-order valence-corrected chi connectivity index (χ4v) is 1.55. The fourth-order valence-electron chi connectivity index (χ4n) is 1.55. The molecule has 0 spiro atoms. The van der Waals surface area contributed by atoms with Crippen molar-refractivity contribution >= 4 is 0 Å². The van der Waals surface area contributed by atoms with Gasteiger partial charge in [-0.2, -0.15) is 49.2 Å². The first kappa shape index (κ1) is 22.6. The molecule has 2 aromatic carbocycles. The summed E-state index contributed by atoms with van der Waals surface area (Å²) in [6, 6.07) is 20.0. The first-order chi connectivity index (χ1) is 9.85. The third kappa shape index (κ3) is 17.3. The maximum Gasteiger partial charge on any atom is 4.00 e. The molecule has 112 valence electrons. The molecule has 2 aromatic rings. The van der Waals surface area contributed by atoms with Gasteiger partial charge in [-0.05, 0) is 0 Å². The van der Waals surface area contributed by atoms with Crippen molar-refractivity contribution < 1.29 is 26.2 Å². The largest absolute Gasteiger partial charge is 4.00 e. The predicted molar refractivity (Wildman–Crippen MR) is 90.6 cm³/mol. The van der Waals surface area contributed by atoms with E-state index < -0.39 is 0 Å². The molecule has 0 aliphatic rings. The summed E-state index contributed by atoms with van der Waals surface area (Å²) in [5.74, 6) is 0. The molecule has 0 aliphatic carbocycles. The molecule has 0 fully saturated rings. The van der Waals surface area contributed by atoms with Gasteiger partial charge in [-0.15, -0.1) is 0 Å². The van der Waals surface area contributed by atoms with Gasteiger partial charge in [0.05, 0.1) is 0 Å². The second-order valence-corrected chi connectivity index (χ2v) is 4.45. The number of rotatable bonds is 5. The average Bonchev–Trinajstić information content (AvgIpc) is 3.21. The van der Waals surface area contributed by atoms with E-state index in [9.17, 15) is 0 Å². The molecule has 0 aromatic heterocycles. The maximum absolute atomic E-state index is 3.86. The molecule has 0 nitrogen and oxygen atoms in total. The van der Waals surface area contributed by atoms with Crippen LogP contribution in [-0.2, 0) is 26.2 Å². The molecule has 0 bridgehead atoms. The van der Waals surface area contributed by atoms with Gasteiger partial charge in [0.2, 0.25) is 0 Å². The molecular formula is C20H28Zr. The Kier molecular flexibility index (Phi) is 20.8. The van der Waals surface area contributed by atoms with E-state index in [0.29, 0.717) is 0 Å². The second-order valence-electron chi connectivity index (χ2n) is 4.45. The SMILES string of the molecule is [CH2-]CC(=[C-]CCC)CCC.[Zr+4].c1cc[cH-]c1.c1cc[cH-]c1. The zero-order valence-electron chi connectivity index (χ0n) is 13.5. The van der Waals surface area contributed by atoms with Crippen molar-refractivity contribution in [3.05, 3.63) is 79.2 Å². The van der Waals surface area contributed by atoms with Gasteiger partial charge in [0.1, 0.15) is 0 Å². The minimum atomic E-state index is 0. The van der Waals surface area contributed by atoms with Gasteiger partial charge in [-0.1, -0.05) is 33.1 Å². The summed E-state index contributed by atoms with van der Waals surface area (Å²) in [7, 11) is 0. The minimum absolute atomic E-state index is 0. The summed E-state index contributed by atoms with van der Waals surface area (Å²) in [5.41, 5.74) is 1.41. The van der Waals surface area contributed by atoms with E-state index >= 15 is 0 Å². The van der Waals surface area contributed by atoms with E-state index in [4.69, 9.17) is 0 Å². The molecule has 0 unspecified atom stereocenters. The predicted octanol–water partition coefficient (Wildman–Crippen LogP) is 6.35. The van der Waals surface area contributed by atoms with Crippen molar-refractivity contribution in [1.82, 2.24) is 0 Å². The van der Waals surface area contributed by atoms with E-state index in [1.54, 1.807) is 0 Å². The van der Waals surface area contributed by atoms with Crippen molar-refractivity contribution in [3.63, 3.8) is 0 Å². The fraction of sp³-hybridized carbons (Fsp3) is 0.350. The summed E-state index contributed by atoms with van der Waals surface area (Å²) in [6.45, 7) is 8.24. The third-order valence-electron chi connectivity index (χ3n) is 2.59. The second kappa shape index (κ2) is 19.3. The van der Waals surface area contributed by atoms with Gasteiger partial charge in [0, 0.05) is 0 Å². The van der Waals surface area contributed by atoms with Crippen LogP contribution < -0.4 is 0 Å². The van der Waals surface area contributed by atoms with E-state index in [-0.39, 0.29) is 26.2 Å². The molecule has 0 heterocycles. The van der Waals surface area contributed by atoms with Gasteiger partial charge in [0.25, 0.3) is 0 Å². The normalized spacial score (nSPS) is 9.57. The molecule has 0 atom stereocenters. The molecule has 0 saturated heterocycles. The van der Waals surface area contributed by atoms with E-state index in [0.717, 1.165) is 12.8 Å². The molecule has 21 heavy (non-hydrogen) atoms. The number of unbranched alkanes of at least 4 members (excludes halogenated alkanes) is 1. The van der Waals surface area contributed by atoms with Crippen LogP contribution in [0.2, 0.25) is 0 Å². The Morgan fingerprint density at radius 3 is 1.62 bits per heavy atom. The molecule has 1 heteroatoms.